The van der Waals surface area contributed by atoms with E-state index in [9.17, 15) is 4.79 Å². The molecule has 1 fully saturated rings. The summed E-state index contributed by atoms with van der Waals surface area (Å²) < 4.78 is 15.9. The first kappa shape index (κ1) is 23.8. The van der Waals surface area contributed by atoms with Gasteiger partial charge in [-0.15, -0.1) is 0 Å². The third-order valence-electron chi connectivity index (χ3n) is 6.46. The lowest BCUT2D eigenvalue weighted by molar-refractivity contribution is -0.124. The minimum atomic E-state index is 0.0320. The highest BCUT2D eigenvalue weighted by molar-refractivity contribution is 7.51. The molecule has 0 radical (unpaired) electrons. The summed E-state index contributed by atoms with van der Waals surface area (Å²) in [5.41, 5.74) is 3.37. The summed E-state index contributed by atoms with van der Waals surface area (Å²) in [4.78, 5) is 17.5. The second-order valence-corrected chi connectivity index (χ2v) is 9.94. The van der Waals surface area contributed by atoms with Gasteiger partial charge in [-0.05, 0) is 54.4 Å². The number of methoxy groups -OCH3 is 3. The number of likely N-dealkylation sites (tertiary alicyclic amines) is 1. The number of carbonyl (C=O) groups is 1. The van der Waals surface area contributed by atoms with Crippen LogP contribution >= 0.6 is 8.58 Å². The Balaban J connectivity index is 1.47. The lowest BCUT2D eigenvalue weighted by Crippen LogP contribution is -2.45. The topological polar surface area (TPSA) is 63.3 Å². The second kappa shape index (κ2) is 10.7. The molecule has 1 aromatic rings. The Kier molecular flexibility index (Phi) is 7.74. The van der Waals surface area contributed by atoms with E-state index < -0.39 is 0 Å². The number of amides is 1. The first-order valence-electron chi connectivity index (χ1n) is 11.4. The molecule has 1 saturated heterocycles. The van der Waals surface area contributed by atoms with Crippen LogP contribution in [-0.4, -0.2) is 75.1 Å². The number of nitrogens with one attached hydrogen (secondary N) is 1. The zero-order valence-corrected chi connectivity index (χ0v) is 20.9. The average molecular weight is 472 g/mol. The fourth-order valence-electron chi connectivity index (χ4n) is 4.60. The lowest BCUT2D eigenvalue weighted by Gasteiger charge is -2.41. The van der Waals surface area contributed by atoms with E-state index in [-0.39, 0.29) is 11.7 Å². The first-order valence-corrected chi connectivity index (χ1v) is 12.5. The fourth-order valence-corrected chi connectivity index (χ4v) is 6.07. The highest BCUT2D eigenvalue weighted by Crippen LogP contribution is 2.48. The Hall–Kier alpha value is -2.34. The maximum absolute atomic E-state index is 13.1. The summed E-state index contributed by atoms with van der Waals surface area (Å²) in [7, 11) is 5.46. The van der Waals surface area contributed by atoms with Crippen LogP contribution in [0, 0.1) is 0 Å². The van der Waals surface area contributed by atoms with Gasteiger partial charge in [0.25, 0.3) is 5.91 Å². The van der Waals surface area contributed by atoms with E-state index in [4.69, 9.17) is 14.2 Å². The Bertz CT molecular complexity index is 966. The summed E-state index contributed by atoms with van der Waals surface area (Å²) in [5.74, 6) is 1.47. The molecule has 3 aliphatic rings. The number of hydrogen-bond acceptors (Lipinski definition) is 6. The molecule has 3 heterocycles. The molecule has 33 heavy (non-hydrogen) atoms. The highest BCUT2D eigenvalue weighted by atomic mass is 31.1. The molecule has 0 bridgehead atoms. The van der Waals surface area contributed by atoms with Gasteiger partial charge in [-0.25, -0.2) is 0 Å². The summed E-state index contributed by atoms with van der Waals surface area (Å²) in [6.45, 7) is 5.75. The van der Waals surface area contributed by atoms with Gasteiger partial charge in [-0.1, -0.05) is 14.6 Å². The van der Waals surface area contributed by atoms with E-state index >= 15 is 0 Å². The fraction of sp³-hybridized carbons (Fsp3) is 0.480. The van der Waals surface area contributed by atoms with Gasteiger partial charge in [0.05, 0.1) is 32.3 Å². The third kappa shape index (κ3) is 5.26. The van der Waals surface area contributed by atoms with E-state index in [0.29, 0.717) is 26.1 Å². The van der Waals surface area contributed by atoms with Gasteiger partial charge in [0.2, 0.25) is 0 Å². The van der Waals surface area contributed by atoms with Crippen LogP contribution in [0.4, 0.5) is 0 Å². The SMILES string of the molecule is COCCNC1CCN(C2=CN3C(=O)C=C(c4ccc(OC)c(OC)c4)PC3C(C)=C2)CC1. The number of hydrogen-bond donors (Lipinski definition) is 1. The molecule has 0 saturated carbocycles. The van der Waals surface area contributed by atoms with Crippen molar-refractivity contribution < 1.29 is 19.0 Å². The summed E-state index contributed by atoms with van der Waals surface area (Å²) in [6.07, 6.45) is 8.27. The zero-order chi connectivity index (χ0) is 23.4. The quantitative estimate of drug-likeness (QED) is 0.463. The van der Waals surface area contributed by atoms with Crippen LogP contribution in [0.25, 0.3) is 5.31 Å². The van der Waals surface area contributed by atoms with Crippen molar-refractivity contribution >= 4 is 19.8 Å². The second-order valence-electron chi connectivity index (χ2n) is 8.57. The maximum Gasteiger partial charge on any atom is 0.252 e. The molecule has 0 aromatic heterocycles. The predicted octanol–water partition coefficient (Wildman–Crippen LogP) is 3.39. The number of fused-ring (bicyclic) bond motifs is 1. The Morgan fingerprint density at radius 2 is 1.85 bits per heavy atom. The number of allylic oxidation sites excluding steroid dienone is 1. The van der Waals surface area contributed by atoms with Gasteiger partial charge in [-0.3, -0.25) is 4.79 Å². The molecule has 0 aliphatic carbocycles. The monoisotopic (exact) mass is 471 g/mol. The number of ether oxygens (including phenoxy) is 3. The van der Waals surface area contributed by atoms with E-state index in [0.717, 1.165) is 55.7 Å². The Morgan fingerprint density at radius 3 is 2.55 bits per heavy atom. The van der Waals surface area contributed by atoms with Gasteiger partial charge >= 0.3 is 0 Å². The highest BCUT2D eigenvalue weighted by Gasteiger charge is 2.33. The molecule has 7 nitrogen and oxygen atoms in total. The number of benzene rings is 1. The van der Waals surface area contributed by atoms with Crippen molar-refractivity contribution in [3.05, 3.63) is 53.4 Å². The molecule has 3 aliphatic heterocycles. The number of rotatable bonds is 8. The minimum Gasteiger partial charge on any atom is -0.493 e. The van der Waals surface area contributed by atoms with Gasteiger partial charge in [0, 0.05) is 45.1 Å². The van der Waals surface area contributed by atoms with Gasteiger partial charge in [-0.2, -0.15) is 0 Å². The molecular weight excluding hydrogens is 437 g/mol. The number of piperidine rings is 1. The molecule has 2 unspecified atom stereocenters. The minimum absolute atomic E-state index is 0.0320. The van der Waals surface area contributed by atoms with Crippen molar-refractivity contribution in [2.45, 2.75) is 31.6 Å². The molecule has 0 spiro atoms. The van der Waals surface area contributed by atoms with E-state index in [1.54, 1.807) is 27.4 Å². The standard InChI is InChI=1S/C25H34N3O4P/c1-17-13-20(27-10-7-19(8-11-27)26-9-12-30-2)16-28-24(29)15-23(33-25(17)28)18-5-6-21(31-3)22(14-18)32-4/h5-6,13-16,19,25-26,33H,7-12H2,1-4H3. The summed E-state index contributed by atoms with van der Waals surface area (Å²) in [6, 6.07) is 6.38. The third-order valence-corrected chi connectivity index (χ3v) is 8.22. The van der Waals surface area contributed by atoms with Crippen molar-refractivity contribution in [1.82, 2.24) is 15.1 Å². The zero-order valence-electron chi connectivity index (χ0n) is 19.9. The van der Waals surface area contributed by atoms with Crippen LogP contribution in [0.2, 0.25) is 0 Å². The molecule has 4 rings (SSSR count). The molecule has 1 aromatic carbocycles. The molecular formula is C25H34N3O4P. The van der Waals surface area contributed by atoms with Crippen LogP contribution in [0.3, 0.4) is 0 Å². The van der Waals surface area contributed by atoms with Crippen LogP contribution < -0.4 is 14.8 Å². The maximum atomic E-state index is 13.1. The predicted molar refractivity (Wildman–Crippen MR) is 133 cm³/mol. The summed E-state index contributed by atoms with van der Waals surface area (Å²) >= 11 is 0. The normalized spacial score (nSPS) is 22.0. The van der Waals surface area contributed by atoms with Crippen LogP contribution in [0.5, 0.6) is 11.5 Å². The Morgan fingerprint density at radius 1 is 1.09 bits per heavy atom. The van der Waals surface area contributed by atoms with Crippen molar-refractivity contribution in [2.75, 3.05) is 47.6 Å². The van der Waals surface area contributed by atoms with Crippen molar-refractivity contribution in [1.29, 1.82) is 0 Å². The lowest BCUT2D eigenvalue weighted by atomic mass is 10.0. The largest absolute Gasteiger partial charge is 0.493 e. The van der Waals surface area contributed by atoms with Crippen molar-refractivity contribution in [3.63, 3.8) is 0 Å². The number of carbonyl (C=O) groups excluding carboxylic acids is 1. The first-order chi connectivity index (χ1) is 16.0. The Labute approximate surface area is 198 Å². The molecule has 178 valence electrons. The van der Waals surface area contributed by atoms with E-state index in [1.807, 2.05) is 29.3 Å². The van der Waals surface area contributed by atoms with Crippen molar-refractivity contribution in [3.8, 4) is 11.5 Å². The van der Waals surface area contributed by atoms with E-state index in [2.05, 4.69) is 23.2 Å². The van der Waals surface area contributed by atoms with Crippen LogP contribution in [-0.2, 0) is 9.53 Å². The molecule has 8 heteroatoms. The number of nitrogens with zero attached hydrogens (tertiary/aromatic N) is 2. The smallest absolute Gasteiger partial charge is 0.252 e. The molecule has 2 atom stereocenters. The van der Waals surface area contributed by atoms with E-state index in [1.165, 1.54) is 5.57 Å². The van der Waals surface area contributed by atoms with Gasteiger partial charge in [0.1, 0.15) is 0 Å². The van der Waals surface area contributed by atoms with Crippen LogP contribution in [0.15, 0.2) is 47.8 Å². The van der Waals surface area contributed by atoms with Crippen LogP contribution in [0.1, 0.15) is 25.3 Å². The average Bonchev–Trinajstić information content (AvgIpc) is 2.84. The van der Waals surface area contributed by atoms with Crippen molar-refractivity contribution in [2.24, 2.45) is 0 Å². The summed E-state index contributed by atoms with van der Waals surface area (Å²) in [5, 5.41) is 4.62. The van der Waals surface area contributed by atoms with Gasteiger partial charge in [0.15, 0.2) is 11.5 Å². The molecule has 1 N–H and O–H groups in total. The molecule has 1 amide bonds. The van der Waals surface area contributed by atoms with Gasteiger partial charge < -0.3 is 29.3 Å².